The quantitative estimate of drug-likeness (QED) is 0.594. The number of hydrogen-bond donors (Lipinski definition) is 3. The Morgan fingerprint density at radius 2 is 1.81 bits per heavy atom. The van der Waals surface area contributed by atoms with Crippen LogP contribution in [0.5, 0.6) is 0 Å². The van der Waals surface area contributed by atoms with E-state index in [1.165, 1.54) is 6.07 Å². The molecule has 2 aromatic carbocycles. The molecule has 108 valence electrons. The number of carboxylic acids is 1. The maximum absolute atomic E-state index is 11.9. The number of para-hydroxylation sites is 1. The molecule has 5 nitrogen and oxygen atoms in total. The number of halogens is 2. The van der Waals surface area contributed by atoms with Crippen molar-refractivity contribution in [2.24, 2.45) is 0 Å². The second kappa shape index (κ2) is 6.90. The topological polar surface area (TPSA) is 78.4 Å². The van der Waals surface area contributed by atoms with Gasteiger partial charge in [-0.15, -0.1) is 0 Å². The normalized spacial score (nSPS) is 10.0. The number of anilines is 2. The molecule has 0 bridgehead atoms. The third-order valence-electron chi connectivity index (χ3n) is 2.58. The maximum atomic E-state index is 11.9. The van der Waals surface area contributed by atoms with Gasteiger partial charge < -0.3 is 15.7 Å². The van der Waals surface area contributed by atoms with E-state index in [9.17, 15) is 9.59 Å². The molecule has 0 heterocycles. The molecule has 0 fully saturated rings. The Bertz CT molecular complexity index is 706. The van der Waals surface area contributed by atoms with Gasteiger partial charge in [-0.3, -0.25) is 0 Å². The first-order valence-electron chi connectivity index (χ1n) is 5.83. The van der Waals surface area contributed by atoms with Crippen LogP contribution in [0.1, 0.15) is 10.4 Å². The lowest BCUT2D eigenvalue weighted by molar-refractivity contribution is 0.0696. The molecule has 2 amide bonds. The van der Waals surface area contributed by atoms with E-state index in [1.807, 2.05) is 18.2 Å². The van der Waals surface area contributed by atoms with Gasteiger partial charge in [0.25, 0.3) is 0 Å². The minimum Gasteiger partial charge on any atom is -0.478 e. The van der Waals surface area contributed by atoms with Crippen molar-refractivity contribution in [1.29, 1.82) is 0 Å². The largest absolute Gasteiger partial charge is 0.478 e. The van der Waals surface area contributed by atoms with Gasteiger partial charge in [-0.05, 0) is 68.9 Å². The number of hydrogen-bond acceptors (Lipinski definition) is 2. The Balaban J connectivity index is 2.12. The molecule has 0 atom stereocenters. The summed E-state index contributed by atoms with van der Waals surface area (Å²) in [4.78, 5) is 23.0. The van der Waals surface area contributed by atoms with Crippen LogP contribution in [0.25, 0.3) is 0 Å². The van der Waals surface area contributed by atoms with Crippen LogP contribution >= 0.6 is 38.5 Å². The molecule has 0 aliphatic heterocycles. The monoisotopic (exact) mass is 460 g/mol. The van der Waals surface area contributed by atoms with Crippen LogP contribution in [0.2, 0.25) is 0 Å². The van der Waals surface area contributed by atoms with Crippen LogP contribution in [-0.2, 0) is 0 Å². The molecular formula is C14H10BrIN2O3. The van der Waals surface area contributed by atoms with Crippen LogP contribution in [0, 0.1) is 3.57 Å². The molecule has 0 unspecified atom stereocenters. The fourth-order valence-corrected chi connectivity index (χ4v) is 2.55. The standard InChI is InChI=1S/C14H10BrIN2O3/c15-10-6-5-8(7-9(10)13(19)20)17-14(21)18-12-4-2-1-3-11(12)16/h1-7H,(H,19,20)(H2,17,18,21). The SMILES string of the molecule is O=C(Nc1ccc(Br)c(C(=O)O)c1)Nc1ccccc1I. The van der Waals surface area contributed by atoms with Crippen LogP contribution in [0.15, 0.2) is 46.9 Å². The van der Waals surface area contributed by atoms with E-state index in [4.69, 9.17) is 5.11 Å². The number of benzene rings is 2. The van der Waals surface area contributed by atoms with Gasteiger partial charge in [-0.2, -0.15) is 0 Å². The molecule has 3 N–H and O–H groups in total. The van der Waals surface area contributed by atoms with E-state index in [1.54, 1.807) is 18.2 Å². The van der Waals surface area contributed by atoms with Gasteiger partial charge in [0, 0.05) is 13.7 Å². The number of carboxylic acid groups (broad SMARTS) is 1. The first kappa shape index (κ1) is 15.8. The molecule has 0 saturated carbocycles. The number of nitrogens with one attached hydrogen (secondary N) is 2. The lowest BCUT2D eigenvalue weighted by Gasteiger charge is -2.10. The lowest BCUT2D eigenvalue weighted by atomic mass is 10.2. The summed E-state index contributed by atoms with van der Waals surface area (Å²) in [6, 6.07) is 11.5. The summed E-state index contributed by atoms with van der Waals surface area (Å²) in [5.41, 5.74) is 1.17. The highest BCUT2D eigenvalue weighted by atomic mass is 127. The van der Waals surface area contributed by atoms with Gasteiger partial charge in [-0.1, -0.05) is 12.1 Å². The van der Waals surface area contributed by atoms with Gasteiger partial charge in [0.15, 0.2) is 0 Å². The summed E-state index contributed by atoms with van der Waals surface area (Å²) in [7, 11) is 0. The van der Waals surface area contributed by atoms with Crippen molar-refractivity contribution in [3.8, 4) is 0 Å². The predicted molar refractivity (Wildman–Crippen MR) is 92.9 cm³/mol. The smallest absolute Gasteiger partial charge is 0.336 e. The van der Waals surface area contributed by atoms with Crippen molar-refractivity contribution in [3.63, 3.8) is 0 Å². The highest BCUT2D eigenvalue weighted by Crippen LogP contribution is 2.22. The van der Waals surface area contributed by atoms with Crippen molar-refractivity contribution in [3.05, 3.63) is 56.1 Å². The highest BCUT2D eigenvalue weighted by Gasteiger charge is 2.11. The molecule has 0 aliphatic carbocycles. The first-order chi connectivity index (χ1) is 9.97. The Morgan fingerprint density at radius 3 is 2.48 bits per heavy atom. The molecule has 2 rings (SSSR count). The van der Waals surface area contributed by atoms with E-state index >= 15 is 0 Å². The summed E-state index contributed by atoms with van der Waals surface area (Å²) >= 11 is 5.27. The maximum Gasteiger partial charge on any atom is 0.336 e. The van der Waals surface area contributed by atoms with Crippen molar-refractivity contribution in [2.45, 2.75) is 0 Å². The fraction of sp³-hybridized carbons (Fsp3) is 0. The summed E-state index contributed by atoms with van der Waals surface area (Å²) in [5, 5.41) is 14.3. The van der Waals surface area contributed by atoms with E-state index in [2.05, 4.69) is 49.2 Å². The molecule has 21 heavy (non-hydrogen) atoms. The zero-order valence-corrected chi connectivity index (χ0v) is 14.3. The van der Waals surface area contributed by atoms with E-state index < -0.39 is 12.0 Å². The van der Waals surface area contributed by atoms with Gasteiger partial charge in [0.2, 0.25) is 0 Å². The molecule has 0 saturated heterocycles. The number of amides is 2. The molecule has 0 aliphatic rings. The minimum absolute atomic E-state index is 0.0853. The molecule has 0 radical (unpaired) electrons. The van der Waals surface area contributed by atoms with Crippen LogP contribution in [0.3, 0.4) is 0 Å². The van der Waals surface area contributed by atoms with E-state index in [0.29, 0.717) is 15.8 Å². The highest BCUT2D eigenvalue weighted by molar-refractivity contribution is 14.1. The molecule has 7 heteroatoms. The Labute approximate surface area is 143 Å². The van der Waals surface area contributed by atoms with Gasteiger partial charge in [0.1, 0.15) is 0 Å². The minimum atomic E-state index is -1.07. The number of urea groups is 1. The van der Waals surface area contributed by atoms with Crippen molar-refractivity contribution < 1.29 is 14.7 Å². The van der Waals surface area contributed by atoms with Crippen LogP contribution in [0.4, 0.5) is 16.2 Å². The summed E-state index contributed by atoms with van der Waals surface area (Å²) in [6.07, 6.45) is 0. The van der Waals surface area contributed by atoms with Gasteiger partial charge in [-0.25, -0.2) is 9.59 Å². The van der Waals surface area contributed by atoms with E-state index in [0.717, 1.165) is 3.57 Å². The lowest BCUT2D eigenvalue weighted by Crippen LogP contribution is -2.20. The van der Waals surface area contributed by atoms with Crippen molar-refractivity contribution in [2.75, 3.05) is 10.6 Å². The van der Waals surface area contributed by atoms with Crippen molar-refractivity contribution >= 4 is 61.9 Å². The third-order valence-corrected chi connectivity index (χ3v) is 4.21. The van der Waals surface area contributed by atoms with Gasteiger partial charge >= 0.3 is 12.0 Å². The number of carbonyl (C=O) groups excluding carboxylic acids is 1. The fourth-order valence-electron chi connectivity index (χ4n) is 1.61. The van der Waals surface area contributed by atoms with Gasteiger partial charge in [0.05, 0.1) is 11.3 Å². The zero-order valence-electron chi connectivity index (χ0n) is 10.6. The number of rotatable bonds is 3. The summed E-state index contributed by atoms with van der Waals surface area (Å²) in [5.74, 6) is -1.07. The van der Waals surface area contributed by atoms with Crippen molar-refractivity contribution in [1.82, 2.24) is 0 Å². The van der Waals surface area contributed by atoms with Crippen LogP contribution < -0.4 is 10.6 Å². The second-order valence-electron chi connectivity index (χ2n) is 4.06. The number of aromatic carboxylic acids is 1. The molecule has 0 aromatic heterocycles. The second-order valence-corrected chi connectivity index (χ2v) is 6.08. The average Bonchev–Trinajstić information content (AvgIpc) is 2.43. The molecule has 2 aromatic rings. The third kappa shape index (κ3) is 4.18. The number of carbonyl (C=O) groups is 2. The zero-order chi connectivity index (χ0) is 15.4. The first-order valence-corrected chi connectivity index (χ1v) is 7.70. The Morgan fingerprint density at radius 1 is 1.10 bits per heavy atom. The Hall–Kier alpha value is -1.61. The molecule has 0 spiro atoms. The predicted octanol–water partition coefficient (Wildman–Crippen LogP) is 4.40. The summed E-state index contributed by atoms with van der Waals surface area (Å²) in [6.45, 7) is 0. The summed E-state index contributed by atoms with van der Waals surface area (Å²) < 4.78 is 1.37. The molecular weight excluding hydrogens is 451 g/mol. The Kier molecular flexibility index (Phi) is 5.18. The van der Waals surface area contributed by atoms with Crippen LogP contribution in [-0.4, -0.2) is 17.1 Å². The van der Waals surface area contributed by atoms with E-state index in [-0.39, 0.29) is 5.56 Å². The average molecular weight is 461 g/mol.